The fourth-order valence-corrected chi connectivity index (χ4v) is 2.69. The molecule has 80 valence electrons. The van der Waals surface area contributed by atoms with Crippen molar-refractivity contribution in [3.05, 3.63) is 28.8 Å². The van der Waals surface area contributed by atoms with Crippen molar-refractivity contribution < 1.29 is 4.74 Å². The van der Waals surface area contributed by atoms with Crippen molar-refractivity contribution >= 4 is 0 Å². The van der Waals surface area contributed by atoms with Gasteiger partial charge < -0.3 is 10.5 Å². The largest absolute Gasteiger partial charge is 0.488 e. The van der Waals surface area contributed by atoms with E-state index < -0.39 is 0 Å². The molecule has 2 unspecified atom stereocenters. The van der Waals surface area contributed by atoms with Crippen LogP contribution in [0.25, 0.3) is 0 Å². The normalized spacial score (nSPS) is 24.5. The minimum absolute atomic E-state index is 0.120. The molecule has 2 heteroatoms. The maximum Gasteiger partial charge on any atom is 0.126 e. The molecule has 0 fully saturated rings. The zero-order chi connectivity index (χ0) is 10.4. The number of fused-ring (bicyclic) bond motifs is 3. The summed E-state index contributed by atoms with van der Waals surface area (Å²) in [4.78, 5) is 0. The molecule has 15 heavy (non-hydrogen) atoms. The number of ether oxygens (including phenoxy) is 1. The smallest absolute Gasteiger partial charge is 0.126 e. The van der Waals surface area contributed by atoms with Gasteiger partial charge in [0.1, 0.15) is 11.9 Å². The van der Waals surface area contributed by atoms with E-state index in [2.05, 4.69) is 12.1 Å². The van der Waals surface area contributed by atoms with Crippen LogP contribution in [0.1, 0.15) is 30.0 Å². The van der Waals surface area contributed by atoms with E-state index in [1.807, 2.05) is 6.92 Å². The summed E-state index contributed by atoms with van der Waals surface area (Å²) >= 11 is 0. The van der Waals surface area contributed by atoms with Gasteiger partial charge in [0.05, 0.1) is 0 Å². The molecule has 0 amide bonds. The van der Waals surface area contributed by atoms with E-state index >= 15 is 0 Å². The van der Waals surface area contributed by atoms with Gasteiger partial charge in [0, 0.05) is 12.5 Å². The van der Waals surface area contributed by atoms with Crippen molar-refractivity contribution in [3.8, 4) is 5.75 Å². The second kappa shape index (κ2) is 3.24. The van der Waals surface area contributed by atoms with Crippen LogP contribution < -0.4 is 10.5 Å². The van der Waals surface area contributed by atoms with Gasteiger partial charge in [-0.15, -0.1) is 0 Å². The van der Waals surface area contributed by atoms with Crippen LogP contribution >= 0.6 is 0 Å². The average Bonchev–Trinajstić information content (AvgIpc) is 2.82. The Labute approximate surface area is 90.4 Å². The van der Waals surface area contributed by atoms with Crippen molar-refractivity contribution in [2.24, 2.45) is 5.73 Å². The molecule has 1 aliphatic carbocycles. The van der Waals surface area contributed by atoms with E-state index in [1.54, 1.807) is 0 Å². The first kappa shape index (κ1) is 9.22. The zero-order valence-corrected chi connectivity index (χ0v) is 9.12. The molecule has 1 heterocycles. The molecule has 2 nitrogen and oxygen atoms in total. The van der Waals surface area contributed by atoms with E-state index in [0.29, 0.717) is 0 Å². The summed E-state index contributed by atoms with van der Waals surface area (Å²) in [6, 6.07) is 4.62. The summed E-state index contributed by atoms with van der Waals surface area (Å²) in [5.41, 5.74) is 10.2. The fraction of sp³-hybridized carbons (Fsp3) is 0.538. The quantitative estimate of drug-likeness (QED) is 0.755. The van der Waals surface area contributed by atoms with Crippen LogP contribution in [0.2, 0.25) is 0 Å². The Hall–Kier alpha value is -1.02. The van der Waals surface area contributed by atoms with Crippen LogP contribution in [0.3, 0.4) is 0 Å². The molecular weight excluding hydrogens is 186 g/mol. The van der Waals surface area contributed by atoms with Crippen LogP contribution in [-0.2, 0) is 19.3 Å². The summed E-state index contributed by atoms with van der Waals surface area (Å²) in [6.45, 7) is 2.02. The number of rotatable bonds is 1. The Morgan fingerprint density at radius 1 is 1.33 bits per heavy atom. The van der Waals surface area contributed by atoms with Gasteiger partial charge in [-0.2, -0.15) is 0 Å². The topological polar surface area (TPSA) is 35.2 Å². The monoisotopic (exact) mass is 203 g/mol. The van der Waals surface area contributed by atoms with Gasteiger partial charge in [0.25, 0.3) is 0 Å². The minimum atomic E-state index is 0.120. The molecule has 2 aliphatic rings. The summed E-state index contributed by atoms with van der Waals surface area (Å²) in [6.07, 6.45) is 4.85. The zero-order valence-electron chi connectivity index (χ0n) is 9.12. The van der Waals surface area contributed by atoms with E-state index in [9.17, 15) is 0 Å². The molecule has 1 aliphatic heterocycles. The van der Waals surface area contributed by atoms with Crippen LogP contribution in [0.4, 0.5) is 0 Å². The van der Waals surface area contributed by atoms with Gasteiger partial charge in [-0.25, -0.2) is 0 Å². The third-order valence-electron chi connectivity index (χ3n) is 3.59. The lowest BCUT2D eigenvalue weighted by Crippen LogP contribution is -2.34. The summed E-state index contributed by atoms with van der Waals surface area (Å²) in [7, 11) is 0. The second-order valence-corrected chi connectivity index (χ2v) is 4.76. The number of hydrogen-bond acceptors (Lipinski definition) is 2. The first-order chi connectivity index (χ1) is 7.25. The highest BCUT2D eigenvalue weighted by molar-refractivity contribution is 5.51. The predicted octanol–water partition coefficient (Wildman–Crippen LogP) is 1.83. The minimum Gasteiger partial charge on any atom is -0.488 e. The Bertz CT molecular complexity index is 398. The first-order valence-corrected chi connectivity index (χ1v) is 5.81. The van der Waals surface area contributed by atoms with Gasteiger partial charge in [-0.3, -0.25) is 0 Å². The Balaban J connectivity index is 2.00. The highest BCUT2D eigenvalue weighted by Gasteiger charge is 2.30. The van der Waals surface area contributed by atoms with Crippen LogP contribution in [0.5, 0.6) is 5.75 Å². The number of nitrogens with two attached hydrogens (primary N) is 1. The van der Waals surface area contributed by atoms with Crippen molar-refractivity contribution in [2.45, 2.75) is 44.8 Å². The lowest BCUT2D eigenvalue weighted by atomic mass is 10.0. The SMILES string of the molecule is CC(N)C1Cc2ccc3c(c2O1)CCC3. The first-order valence-electron chi connectivity index (χ1n) is 5.81. The molecular formula is C13H17NO. The molecule has 2 N–H and O–H groups in total. The molecule has 0 aromatic heterocycles. The van der Waals surface area contributed by atoms with Crippen molar-refractivity contribution in [2.75, 3.05) is 0 Å². The fourth-order valence-electron chi connectivity index (χ4n) is 2.69. The Morgan fingerprint density at radius 2 is 2.13 bits per heavy atom. The van der Waals surface area contributed by atoms with Crippen LogP contribution in [0, 0.1) is 0 Å². The highest BCUT2D eigenvalue weighted by Crippen LogP contribution is 2.39. The molecule has 0 spiro atoms. The summed E-state index contributed by atoms with van der Waals surface area (Å²) in [5.74, 6) is 1.16. The molecule has 1 aromatic carbocycles. The van der Waals surface area contributed by atoms with Crippen LogP contribution in [0.15, 0.2) is 12.1 Å². The van der Waals surface area contributed by atoms with Gasteiger partial charge in [0.2, 0.25) is 0 Å². The molecule has 0 bridgehead atoms. The van der Waals surface area contributed by atoms with E-state index in [-0.39, 0.29) is 12.1 Å². The lowest BCUT2D eigenvalue weighted by molar-refractivity contribution is 0.205. The molecule has 3 rings (SSSR count). The number of aryl methyl sites for hydroxylation is 1. The summed E-state index contributed by atoms with van der Waals surface area (Å²) in [5, 5.41) is 0. The molecule has 1 aromatic rings. The van der Waals surface area contributed by atoms with Crippen molar-refractivity contribution in [3.63, 3.8) is 0 Å². The maximum absolute atomic E-state index is 5.99. The average molecular weight is 203 g/mol. The van der Waals surface area contributed by atoms with E-state index in [1.165, 1.54) is 36.0 Å². The maximum atomic E-state index is 5.99. The van der Waals surface area contributed by atoms with Gasteiger partial charge in [-0.05, 0) is 42.9 Å². The Kier molecular flexibility index (Phi) is 1.99. The molecule has 0 saturated carbocycles. The van der Waals surface area contributed by atoms with Crippen LogP contribution in [-0.4, -0.2) is 12.1 Å². The molecule has 2 atom stereocenters. The summed E-state index contributed by atoms with van der Waals surface area (Å²) < 4.78 is 5.99. The number of benzene rings is 1. The molecule has 0 saturated heterocycles. The lowest BCUT2D eigenvalue weighted by Gasteiger charge is -2.15. The standard InChI is InChI=1S/C13H17NO/c1-8(14)12-7-10-6-5-9-3-2-4-11(9)13(10)15-12/h5-6,8,12H,2-4,7,14H2,1H3. The third kappa shape index (κ3) is 1.36. The van der Waals surface area contributed by atoms with Gasteiger partial charge in [-0.1, -0.05) is 12.1 Å². The highest BCUT2D eigenvalue weighted by atomic mass is 16.5. The van der Waals surface area contributed by atoms with E-state index in [0.717, 1.165) is 12.2 Å². The van der Waals surface area contributed by atoms with E-state index in [4.69, 9.17) is 10.5 Å². The third-order valence-corrected chi connectivity index (χ3v) is 3.59. The molecule has 0 radical (unpaired) electrons. The van der Waals surface area contributed by atoms with Gasteiger partial charge in [0.15, 0.2) is 0 Å². The van der Waals surface area contributed by atoms with Crippen molar-refractivity contribution in [1.82, 2.24) is 0 Å². The predicted molar refractivity (Wildman–Crippen MR) is 60.2 cm³/mol. The van der Waals surface area contributed by atoms with Gasteiger partial charge >= 0.3 is 0 Å². The van der Waals surface area contributed by atoms with Crippen molar-refractivity contribution in [1.29, 1.82) is 0 Å². The number of hydrogen-bond donors (Lipinski definition) is 1. The Morgan fingerprint density at radius 3 is 2.93 bits per heavy atom. The second-order valence-electron chi connectivity index (χ2n) is 4.76.